The van der Waals surface area contributed by atoms with Crippen LogP contribution in [0.25, 0.3) is 22.2 Å². The van der Waals surface area contributed by atoms with Crippen molar-refractivity contribution < 1.29 is 0 Å². The molecule has 0 radical (unpaired) electrons. The van der Waals surface area contributed by atoms with Crippen molar-refractivity contribution in [1.29, 1.82) is 0 Å². The van der Waals surface area contributed by atoms with Crippen LogP contribution in [-0.2, 0) is 0 Å². The molecule has 2 heterocycles. The summed E-state index contributed by atoms with van der Waals surface area (Å²) >= 11 is 12.6. The predicted octanol–water partition coefficient (Wildman–Crippen LogP) is 5.11. The molecule has 3 N–H and O–H groups in total. The minimum Gasteiger partial charge on any atom is -0.383 e. The van der Waals surface area contributed by atoms with Gasteiger partial charge in [-0.25, -0.2) is 9.97 Å². The van der Waals surface area contributed by atoms with Gasteiger partial charge in [-0.15, -0.1) is 0 Å². The van der Waals surface area contributed by atoms with Gasteiger partial charge in [-0.3, -0.25) is 0 Å². The molecule has 154 valence electrons. The van der Waals surface area contributed by atoms with Gasteiger partial charge in [0.25, 0.3) is 0 Å². The van der Waals surface area contributed by atoms with Crippen molar-refractivity contribution in [3.8, 4) is 11.1 Å². The number of unbranched alkanes of at least 4 members (excludes halogenated alkanes) is 1. The second-order valence-corrected chi connectivity index (χ2v) is 7.60. The molecule has 6 nitrogen and oxygen atoms in total. The highest BCUT2D eigenvalue weighted by molar-refractivity contribution is 6.39. The molecule has 0 saturated heterocycles. The monoisotopic (exact) mass is 432 g/mol. The molecule has 8 heteroatoms. The van der Waals surface area contributed by atoms with E-state index in [1.807, 2.05) is 6.07 Å². The Balaban J connectivity index is 1.71. The predicted molar refractivity (Wildman–Crippen MR) is 123 cm³/mol. The van der Waals surface area contributed by atoms with E-state index in [9.17, 15) is 0 Å². The molecule has 0 fully saturated rings. The number of nitrogens with two attached hydrogens (primary N) is 1. The standard InChI is InChI=1S/C21H26Cl2N6/c1-3-29(4-2)11-6-5-10-25-21-26-13-14-12-15(19(24)27-20(14)28-21)18-16(22)8-7-9-17(18)23/h7-9,12-13H,3-6,10-11H2,1-2H3,(H3,24,25,26,27,28). The van der Waals surface area contributed by atoms with Gasteiger partial charge in [-0.1, -0.05) is 43.1 Å². The summed E-state index contributed by atoms with van der Waals surface area (Å²) < 4.78 is 0. The number of nitrogen functional groups attached to an aromatic ring is 1. The molecule has 0 aliphatic carbocycles. The minimum atomic E-state index is 0.330. The molecule has 29 heavy (non-hydrogen) atoms. The Morgan fingerprint density at radius 1 is 1.07 bits per heavy atom. The van der Waals surface area contributed by atoms with Crippen molar-refractivity contribution in [1.82, 2.24) is 19.9 Å². The minimum absolute atomic E-state index is 0.330. The van der Waals surface area contributed by atoms with Crippen molar-refractivity contribution in [2.24, 2.45) is 0 Å². The van der Waals surface area contributed by atoms with Crippen molar-refractivity contribution in [3.63, 3.8) is 0 Å². The maximum absolute atomic E-state index is 6.32. The zero-order valence-corrected chi connectivity index (χ0v) is 18.3. The smallest absolute Gasteiger partial charge is 0.224 e. The lowest BCUT2D eigenvalue weighted by atomic mass is 10.1. The van der Waals surface area contributed by atoms with E-state index in [1.165, 1.54) is 0 Å². The molecule has 3 rings (SSSR count). The van der Waals surface area contributed by atoms with E-state index in [1.54, 1.807) is 24.4 Å². The number of nitrogens with one attached hydrogen (secondary N) is 1. The highest BCUT2D eigenvalue weighted by Crippen LogP contribution is 2.38. The van der Waals surface area contributed by atoms with Gasteiger partial charge >= 0.3 is 0 Å². The molecule has 0 amide bonds. The normalized spacial score (nSPS) is 11.3. The molecule has 0 spiro atoms. The van der Waals surface area contributed by atoms with E-state index in [0.717, 1.165) is 44.4 Å². The van der Waals surface area contributed by atoms with Crippen molar-refractivity contribution >= 4 is 46.0 Å². The zero-order chi connectivity index (χ0) is 20.8. The molecule has 0 aliphatic rings. The van der Waals surface area contributed by atoms with Crippen molar-refractivity contribution in [2.45, 2.75) is 26.7 Å². The summed E-state index contributed by atoms with van der Waals surface area (Å²) in [5.74, 6) is 0.882. The van der Waals surface area contributed by atoms with E-state index in [4.69, 9.17) is 28.9 Å². The van der Waals surface area contributed by atoms with Crippen LogP contribution in [0.2, 0.25) is 10.0 Å². The number of benzene rings is 1. The number of pyridine rings is 1. The molecule has 2 aromatic heterocycles. The molecule has 3 aromatic rings. The molecule has 0 bridgehead atoms. The summed E-state index contributed by atoms with van der Waals surface area (Å²) in [7, 11) is 0. The van der Waals surface area contributed by atoms with E-state index in [2.05, 4.69) is 39.0 Å². The highest BCUT2D eigenvalue weighted by Gasteiger charge is 2.14. The summed E-state index contributed by atoms with van der Waals surface area (Å²) in [6.07, 6.45) is 3.92. The van der Waals surface area contributed by atoms with Crippen LogP contribution in [0.5, 0.6) is 0 Å². The Labute approximate surface area is 181 Å². The van der Waals surface area contributed by atoms with Gasteiger partial charge < -0.3 is 16.0 Å². The van der Waals surface area contributed by atoms with Gasteiger partial charge in [-0.2, -0.15) is 4.98 Å². The molecule has 1 aromatic carbocycles. The number of aromatic nitrogens is 3. The largest absolute Gasteiger partial charge is 0.383 e. The fourth-order valence-electron chi connectivity index (χ4n) is 3.22. The Morgan fingerprint density at radius 2 is 1.79 bits per heavy atom. The summed E-state index contributed by atoms with van der Waals surface area (Å²) in [4.78, 5) is 15.8. The third-order valence-corrected chi connectivity index (χ3v) is 5.54. The first-order valence-electron chi connectivity index (χ1n) is 9.87. The topological polar surface area (TPSA) is 80.0 Å². The lowest BCUT2D eigenvalue weighted by Crippen LogP contribution is -2.24. The van der Waals surface area contributed by atoms with Crippen LogP contribution < -0.4 is 11.1 Å². The van der Waals surface area contributed by atoms with E-state index < -0.39 is 0 Å². The second-order valence-electron chi connectivity index (χ2n) is 6.79. The van der Waals surface area contributed by atoms with Crippen LogP contribution in [0.3, 0.4) is 0 Å². The van der Waals surface area contributed by atoms with Gasteiger partial charge in [0.1, 0.15) is 5.82 Å². The lowest BCUT2D eigenvalue weighted by Gasteiger charge is -2.17. The average molecular weight is 433 g/mol. The fourth-order valence-corrected chi connectivity index (χ4v) is 3.82. The molecule has 0 saturated carbocycles. The van der Waals surface area contributed by atoms with Crippen molar-refractivity contribution in [2.75, 3.05) is 37.2 Å². The number of rotatable bonds is 9. The summed E-state index contributed by atoms with van der Waals surface area (Å²) in [5, 5.41) is 5.09. The molecule has 0 unspecified atom stereocenters. The first-order chi connectivity index (χ1) is 14.0. The van der Waals surface area contributed by atoms with Crippen LogP contribution in [0.15, 0.2) is 30.5 Å². The first-order valence-corrected chi connectivity index (χ1v) is 10.6. The third kappa shape index (κ3) is 5.26. The van der Waals surface area contributed by atoms with Crippen LogP contribution in [0.1, 0.15) is 26.7 Å². The van der Waals surface area contributed by atoms with Gasteiger partial charge in [0.2, 0.25) is 5.95 Å². The van der Waals surface area contributed by atoms with E-state index in [-0.39, 0.29) is 0 Å². The Bertz CT molecular complexity index is 955. The maximum atomic E-state index is 6.32. The summed E-state index contributed by atoms with van der Waals surface area (Å²) in [6, 6.07) is 7.22. The third-order valence-electron chi connectivity index (χ3n) is 4.91. The van der Waals surface area contributed by atoms with Gasteiger partial charge in [0, 0.05) is 29.3 Å². The van der Waals surface area contributed by atoms with E-state index >= 15 is 0 Å². The molecule has 0 atom stereocenters. The van der Waals surface area contributed by atoms with Gasteiger partial charge in [-0.05, 0) is 50.7 Å². The van der Waals surface area contributed by atoms with Crippen LogP contribution in [0, 0.1) is 0 Å². The number of fused-ring (bicyclic) bond motifs is 1. The Morgan fingerprint density at radius 3 is 2.48 bits per heavy atom. The number of hydrogen-bond acceptors (Lipinski definition) is 6. The summed E-state index contributed by atoms with van der Waals surface area (Å²) in [5.41, 5.74) is 8.06. The number of hydrogen-bond donors (Lipinski definition) is 2. The Hall–Kier alpha value is -2.15. The van der Waals surface area contributed by atoms with Crippen LogP contribution >= 0.6 is 23.2 Å². The Kier molecular flexibility index (Phi) is 7.47. The zero-order valence-electron chi connectivity index (χ0n) is 16.8. The molecular formula is C21H26Cl2N6. The highest BCUT2D eigenvalue weighted by atomic mass is 35.5. The number of anilines is 2. The van der Waals surface area contributed by atoms with Gasteiger partial charge in [0.15, 0.2) is 5.65 Å². The van der Waals surface area contributed by atoms with Crippen molar-refractivity contribution in [3.05, 3.63) is 40.5 Å². The SMILES string of the molecule is CCN(CC)CCCCNc1ncc2cc(-c3c(Cl)cccc3Cl)c(N)nc2n1. The average Bonchev–Trinajstić information content (AvgIpc) is 2.71. The lowest BCUT2D eigenvalue weighted by molar-refractivity contribution is 0.298. The second kappa shape index (κ2) is 10.1. The van der Waals surface area contributed by atoms with Crippen LogP contribution in [-0.4, -0.2) is 46.0 Å². The van der Waals surface area contributed by atoms with Gasteiger partial charge in [0.05, 0.1) is 10.0 Å². The molecule has 0 aliphatic heterocycles. The van der Waals surface area contributed by atoms with E-state index in [0.29, 0.717) is 38.6 Å². The maximum Gasteiger partial charge on any atom is 0.224 e. The quantitative estimate of drug-likeness (QED) is 0.457. The number of halogens is 2. The molecular weight excluding hydrogens is 407 g/mol. The summed E-state index contributed by atoms with van der Waals surface area (Å²) in [6.45, 7) is 8.48. The van der Waals surface area contributed by atoms with Crippen LogP contribution in [0.4, 0.5) is 11.8 Å². The first kappa shape index (κ1) is 21.6. The number of nitrogens with zero attached hydrogens (tertiary/aromatic N) is 4. The fraction of sp³-hybridized carbons (Fsp3) is 0.381.